The van der Waals surface area contributed by atoms with E-state index < -0.39 is 5.82 Å². The topological polar surface area (TPSA) is 20.2 Å². The molecule has 0 spiro atoms. The van der Waals surface area contributed by atoms with Crippen molar-refractivity contribution in [1.82, 2.24) is 0 Å². The van der Waals surface area contributed by atoms with E-state index in [4.69, 9.17) is 5.11 Å². The molecule has 0 bridgehead atoms. The lowest BCUT2D eigenvalue weighted by molar-refractivity contribution is 0.463. The minimum atomic E-state index is -0.440. The van der Waals surface area contributed by atoms with E-state index in [2.05, 4.69) is 15.9 Å². The van der Waals surface area contributed by atoms with Crippen LogP contribution < -0.4 is 0 Å². The Balaban J connectivity index is 3.31. The van der Waals surface area contributed by atoms with Gasteiger partial charge in [-0.1, -0.05) is 0 Å². The highest BCUT2D eigenvalue weighted by Crippen LogP contribution is 2.28. The van der Waals surface area contributed by atoms with Gasteiger partial charge in [0.25, 0.3) is 0 Å². The minimum absolute atomic E-state index is 0.0654. The van der Waals surface area contributed by atoms with E-state index in [9.17, 15) is 4.39 Å². The monoisotopic (exact) mass is 316 g/mol. The number of benzene rings is 1. The van der Waals surface area contributed by atoms with Crippen LogP contribution >= 0.6 is 38.5 Å². The molecule has 1 aromatic carbocycles. The van der Waals surface area contributed by atoms with Crippen molar-refractivity contribution in [3.05, 3.63) is 26.0 Å². The Bertz CT molecular complexity index is 241. The molecule has 0 aliphatic carbocycles. The van der Waals surface area contributed by atoms with Crippen molar-refractivity contribution in [2.24, 2.45) is 0 Å². The predicted octanol–water partition coefficient (Wildman–Crippen LogP) is 2.90. The smallest absolute Gasteiger partial charge is 0.142 e. The molecule has 0 fully saturated rings. The molecule has 0 unspecified atom stereocenters. The Kier molecular flexibility index (Phi) is 2.51. The van der Waals surface area contributed by atoms with E-state index in [1.807, 2.05) is 22.6 Å². The van der Waals surface area contributed by atoms with Crippen LogP contribution in [-0.2, 0) is 0 Å². The van der Waals surface area contributed by atoms with Crippen LogP contribution in [0, 0.1) is 9.39 Å². The lowest BCUT2D eigenvalue weighted by atomic mass is 10.3. The molecule has 0 aliphatic rings. The molecule has 0 aliphatic heterocycles. The van der Waals surface area contributed by atoms with Crippen molar-refractivity contribution in [1.29, 1.82) is 0 Å². The van der Waals surface area contributed by atoms with Gasteiger partial charge in [0.15, 0.2) is 0 Å². The van der Waals surface area contributed by atoms with Crippen molar-refractivity contribution in [3.8, 4) is 5.75 Å². The molecular formula is C6H3BrFIO. The zero-order valence-electron chi connectivity index (χ0n) is 4.74. The van der Waals surface area contributed by atoms with Crippen LogP contribution in [0.1, 0.15) is 0 Å². The molecule has 0 amide bonds. The van der Waals surface area contributed by atoms with Gasteiger partial charge in [-0.2, -0.15) is 0 Å². The molecule has 1 rings (SSSR count). The van der Waals surface area contributed by atoms with Gasteiger partial charge in [-0.05, 0) is 50.7 Å². The maximum Gasteiger partial charge on any atom is 0.142 e. The molecule has 0 saturated heterocycles. The summed E-state index contributed by atoms with van der Waals surface area (Å²) in [6, 6.07) is 2.82. The Labute approximate surface area is 79.5 Å². The first kappa shape index (κ1) is 8.26. The molecular weight excluding hydrogens is 314 g/mol. The largest absolute Gasteiger partial charge is 0.507 e. The molecule has 1 N–H and O–H groups in total. The number of aromatic hydroxyl groups is 1. The van der Waals surface area contributed by atoms with Crippen LogP contribution in [0.3, 0.4) is 0 Å². The quantitative estimate of drug-likeness (QED) is 0.576. The summed E-state index contributed by atoms with van der Waals surface area (Å²) in [7, 11) is 0. The standard InChI is InChI=1S/C6H3BrFIO/c7-6-4(8)1-3(9)2-5(6)10/h1-2,10H. The molecule has 1 aromatic rings. The maximum atomic E-state index is 12.6. The van der Waals surface area contributed by atoms with Gasteiger partial charge in [0.05, 0.1) is 4.47 Å². The summed E-state index contributed by atoms with van der Waals surface area (Å²) in [6.45, 7) is 0. The van der Waals surface area contributed by atoms with Crippen LogP contribution in [0.25, 0.3) is 0 Å². The maximum absolute atomic E-state index is 12.6. The number of rotatable bonds is 0. The third-order valence-electron chi connectivity index (χ3n) is 0.974. The van der Waals surface area contributed by atoms with Gasteiger partial charge >= 0.3 is 0 Å². The summed E-state index contributed by atoms with van der Waals surface area (Å²) in [4.78, 5) is 0. The van der Waals surface area contributed by atoms with Crippen molar-refractivity contribution in [2.45, 2.75) is 0 Å². The Morgan fingerprint density at radius 2 is 2.10 bits per heavy atom. The van der Waals surface area contributed by atoms with E-state index >= 15 is 0 Å². The van der Waals surface area contributed by atoms with Gasteiger partial charge in [0.1, 0.15) is 11.6 Å². The molecule has 54 valence electrons. The number of hydrogen-bond donors (Lipinski definition) is 1. The lowest BCUT2D eigenvalue weighted by Gasteiger charge is -1.97. The SMILES string of the molecule is Oc1cc(I)cc(F)c1Br. The number of phenols is 1. The second kappa shape index (κ2) is 3.04. The number of halogens is 3. The fraction of sp³-hybridized carbons (Fsp3) is 0. The van der Waals surface area contributed by atoms with Crippen LogP contribution in [0.15, 0.2) is 16.6 Å². The summed E-state index contributed by atoms with van der Waals surface area (Å²) in [6.07, 6.45) is 0. The molecule has 0 saturated carbocycles. The molecule has 0 aromatic heterocycles. The first-order valence-corrected chi connectivity index (χ1v) is 4.32. The van der Waals surface area contributed by atoms with Gasteiger partial charge in [-0.3, -0.25) is 0 Å². The third kappa shape index (κ3) is 1.60. The summed E-state index contributed by atoms with van der Waals surface area (Å²) < 4.78 is 13.4. The summed E-state index contributed by atoms with van der Waals surface area (Å²) in [5, 5.41) is 8.99. The normalized spacial score (nSPS) is 9.90. The van der Waals surface area contributed by atoms with E-state index in [0.29, 0.717) is 3.57 Å². The average Bonchev–Trinajstić information content (AvgIpc) is 1.82. The summed E-state index contributed by atoms with van der Waals surface area (Å²) >= 11 is 4.81. The van der Waals surface area contributed by atoms with Gasteiger partial charge in [0, 0.05) is 3.57 Å². The van der Waals surface area contributed by atoms with Gasteiger partial charge < -0.3 is 5.11 Å². The third-order valence-corrected chi connectivity index (χ3v) is 2.38. The first-order chi connectivity index (χ1) is 4.61. The molecule has 0 atom stereocenters. The summed E-state index contributed by atoms with van der Waals surface area (Å²) in [5.74, 6) is -0.506. The van der Waals surface area contributed by atoms with Gasteiger partial charge in [-0.15, -0.1) is 0 Å². The molecule has 4 heteroatoms. The van der Waals surface area contributed by atoms with Gasteiger partial charge in [0.2, 0.25) is 0 Å². The Hall–Kier alpha value is 0.160. The lowest BCUT2D eigenvalue weighted by Crippen LogP contribution is -1.79. The highest BCUT2D eigenvalue weighted by atomic mass is 127. The second-order valence-corrected chi connectivity index (χ2v) is 3.76. The van der Waals surface area contributed by atoms with Crippen molar-refractivity contribution >= 4 is 38.5 Å². The van der Waals surface area contributed by atoms with Crippen molar-refractivity contribution < 1.29 is 9.50 Å². The Morgan fingerprint density at radius 1 is 1.50 bits per heavy atom. The van der Waals surface area contributed by atoms with Crippen molar-refractivity contribution in [2.75, 3.05) is 0 Å². The predicted molar refractivity (Wildman–Crippen MR) is 48.5 cm³/mol. The summed E-state index contributed by atoms with van der Waals surface area (Å²) in [5.41, 5.74) is 0. The van der Waals surface area contributed by atoms with Gasteiger partial charge in [-0.25, -0.2) is 4.39 Å². The van der Waals surface area contributed by atoms with Crippen LogP contribution in [0.4, 0.5) is 4.39 Å². The van der Waals surface area contributed by atoms with Crippen molar-refractivity contribution in [3.63, 3.8) is 0 Å². The van der Waals surface area contributed by atoms with Crippen LogP contribution in [0.2, 0.25) is 0 Å². The highest BCUT2D eigenvalue weighted by molar-refractivity contribution is 14.1. The van der Waals surface area contributed by atoms with E-state index in [1.54, 1.807) is 0 Å². The zero-order valence-corrected chi connectivity index (χ0v) is 8.48. The second-order valence-electron chi connectivity index (χ2n) is 1.72. The van der Waals surface area contributed by atoms with Crippen LogP contribution in [-0.4, -0.2) is 5.11 Å². The highest BCUT2D eigenvalue weighted by Gasteiger charge is 2.04. The minimum Gasteiger partial charge on any atom is -0.507 e. The fourth-order valence-electron chi connectivity index (χ4n) is 0.542. The van der Waals surface area contributed by atoms with E-state index in [-0.39, 0.29) is 10.2 Å². The molecule has 0 radical (unpaired) electrons. The zero-order chi connectivity index (χ0) is 7.72. The Morgan fingerprint density at radius 3 is 2.60 bits per heavy atom. The number of phenolic OH excluding ortho intramolecular Hbond substituents is 1. The number of hydrogen-bond acceptors (Lipinski definition) is 1. The van der Waals surface area contributed by atoms with E-state index in [0.717, 1.165) is 0 Å². The first-order valence-electron chi connectivity index (χ1n) is 2.45. The molecule has 0 heterocycles. The molecule has 10 heavy (non-hydrogen) atoms. The van der Waals surface area contributed by atoms with E-state index in [1.165, 1.54) is 12.1 Å². The fourth-order valence-corrected chi connectivity index (χ4v) is 1.34. The van der Waals surface area contributed by atoms with Crippen LogP contribution in [0.5, 0.6) is 5.75 Å². The molecule has 1 nitrogen and oxygen atoms in total. The average molecular weight is 317 g/mol.